The highest BCUT2D eigenvalue weighted by Crippen LogP contribution is 2.12. The van der Waals surface area contributed by atoms with E-state index in [2.05, 4.69) is 10.3 Å². The van der Waals surface area contributed by atoms with Gasteiger partial charge < -0.3 is 10.3 Å². The molecule has 1 amide bonds. The van der Waals surface area contributed by atoms with E-state index >= 15 is 0 Å². The highest BCUT2D eigenvalue weighted by molar-refractivity contribution is 5.96. The van der Waals surface area contributed by atoms with Crippen LogP contribution in [-0.4, -0.2) is 10.9 Å². The predicted octanol–water partition coefficient (Wildman–Crippen LogP) is 2.77. The number of amides is 1. The van der Waals surface area contributed by atoms with E-state index in [4.69, 9.17) is 0 Å². The number of aryl methyl sites for hydroxylation is 1. The first-order chi connectivity index (χ1) is 10.6. The number of aromatic amines is 1. The molecule has 0 bridgehead atoms. The van der Waals surface area contributed by atoms with E-state index < -0.39 is 0 Å². The Bertz CT molecular complexity index is 882. The zero-order chi connectivity index (χ0) is 15.5. The summed E-state index contributed by atoms with van der Waals surface area (Å²) in [7, 11) is 0. The third-order valence-electron chi connectivity index (χ3n) is 3.54. The summed E-state index contributed by atoms with van der Waals surface area (Å²) in [5.41, 5.74) is 2.05. The van der Waals surface area contributed by atoms with E-state index in [-0.39, 0.29) is 17.2 Å². The van der Waals surface area contributed by atoms with Gasteiger partial charge in [0.1, 0.15) is 5.69 Å². The van der Waals surface area contributed by atoms with Gasteiger partial charge in [-0.2, -0.15) is 0 Å². The van der Waals surface area contributed by atoms with Crippen LogP contribution in [0.1, 0.15) is 21.6 Å². The lowest BCUT2D eigenvalue weighted by atomic mass is 10.1. The molecule has 0 aliphatic heterocycles. The molecular weight excluding hydrogens is 276 g/mol. The van der Waals surface area contributed by atoms with Gasteiger partial charge in [0.15, 0.2) is 0 Å². The van der Waals surface area contributed by atoms with Crippen molar-refractivity contribution >= 4 is 16.7 Å². The lowest BCUT2D eigenvalue weighted by molar-refractivity contribution is 0.0946. The monoisotopic (exact) mass is 292 g/mol. The van der Waals surface area contributed by atoms with Gasteiger partial charge >= 0.3 is 0 Å². The summed E-state index contributed by atoms with van der Waals surface area (Å²) in [5, 5.41) is 4.17. The molecule has 0 aliphatic carbocycles. The molecular formula is C18H16N2O2. The summed E-state index contributed by atoms with van der Waals surface area (Å²) in [6.45, 7) is 2.35. The molecule has 2 N–H and O–H groups in total. The molecule has 0 aliphatic rings. The topological polar surface area (TPSA) is 62.0 Å². The average molecular weight is 292 g/mol. The van der Waals surface area contributed by atoms with Gasteiger partial charge in [0.2, 0.25) is 0 Å². The Morgan fingerprint density at radius 2 is 1.86 bits per heavy atom. The predicted molar refractivity (Wildman–Crippen MR) is 86.9 cm³/mol. The normalized spacial score (nSPS) is 10.6. The van der Waals surface area contributed by atoms with Gasteiger partial charge in [-0.15, -0.1) is 0 Å². The molecule has 4 heteroatoms. The van der Waals surface area contributed by atoms with Crippen molar-refractivity contribution in [3.05, 3.63) is 81.8 Å². The molecule has 1 aromatic heterocycles. The Labute approximate surface area is 127 Å². The van der Waals surface area contributed by atoms with E-state index in [0.29, 0.717) is 11.9 Å². The summed E-state index contributed by atoms with van der Waals surface area (Å²) in [5.74, 6) is -0.288. The molecule has 2 aromatic carbocycles. The second kappa shape index (κ2) is 5.85. The van der Waals surface area contributed by atoms with Crippen LogP contribution >= 0.6 is 0 Å². The molecule has 0 spiro atoms. The Morgan fingerprint density at radius 3 is 2.64 bits per heavy atom. The van der Waals surface area contributed by atoms with Gasteiger partial charge in [0.25, 0.3) is 11.5 Å². The summed E-state index contributed by atoms with van der Waals surface area (Å²) in [4.78, 5) is 26.9. The van der Waals surface area contributed by atoms with Crippen LogP contribution in [0.3, 0.4) is 0 Å². The number of fused-ring (bicyclic) bond motifs is 1. The third kappa shape index (κ3) is 2.91. The Balaban J connectivity index is 1.85. The van der Waals surface area contributed by atoms with E-state index in [0.717, 1.165) is 16.5 Å². The maximum absolute atomic E-state index is 12.2. The molecule has 22 heavy (non-hydrogen) atoms. The fraction of sp³-hybridized carbons (Fsp3) is 0.111. The van der Waals surface area contributed by atoms with Crippen molar-refractivity contribution in [1.29, 1.82) is 0 Å². The molecule has 3 aromatic rings. The molecule has 3 rings (SSSR count). The second-order valence-electron chi connectivity index (χ2n) is 5.27. The summed E-state index contributed by atoms with van der Waals surface area (Å²) in [6, 6.07) is 16.9. The van der Waals surface area contributed by atoms with Crippen LogP contribution in [0.15, 0.2) is 59.4 Å². The first-order valence-corrected chi connectivity index (χ1v) is 7.09. The molecule has 0 atom stereocenters. The van der Waals surface area contributed by atoms with Gasteiger partial charge in [0.05, 0.1) is 0 Å². The zero-order valence-electron chi connectivity index (χ0n) is 12.2. The molecule has 0 saturated carbocycles. The average Bonchev–Trinajstić information content (AvgIpc) is 2.54. The largest absolute Gasteiger partial charge is 0.347 e. The van der Waals surface area contributed by atoms with Gasteiger partial charge in [0, 0.05) is 11.9 Å². The van der Waals surface area contributed by atoms with Crippen LogP contribution in [0.25, 0.3) is 10.8 Å². The first-order valence-electron chi connectivity index (χ1n) is 7.09. The maximum Gasteiger partial charge on any atom is 0.268 e. The van der Waals surface area contributed by atoms with E-state index in [9.17, 15) is 9.59 Å². The zero-order valence-corrected chi connectivity index (χ0v) is 12.2. The van der Waals surface area contributed by atoms with Crippen molar-refractivity contribution in [2.75, 3.05) is 0 Å². The fourth-order valence-corrected chi connectivity index (χ4v) is 2.37. The van der Waals surface area contributed by atoms with Crippen molar-refractivity contribution < 1.29 is 4.79 Å². The number of H-pyrrole nitrogens is 1. The van der Waals surface area contributed by atoms with Gasteiger partial charge in [-0.25, -0.2) is 0 Å². The molecule has 1 heterocycles. The summed E-state index contributed by atoms with van der Waals surface area (Å²) in [6.07, 6.45) is 0. The number of rotatable bonds is 3. The Morgan fingerprint density at radius 1 is 1.09 bits per heavy atom. The van der Waals surface area contributed by atoms with Crippen molar-refractivity contribution in [2.24, 2.45) is 0 Å². The molecule has 0 saturated heterocycles. The minimum Gasteiger partial charge on any atom is -0.347 e. The lowest BCUT2D eigenvalue weighted by Gasteiger charge is -2.07. The van der Waals surface area contributed by atoms with Crippen molar-refractivity contribution in [3.8, 4) is 0 Å². The van der Waals surface area contributed by atoms with E-state index in [1.54, 1.807) is 6.07 Å². The van der Waals surface area contributed by atoms with Crippen molar-refractivity contribution in [2.45, 2.75) is 13.5 Å². The van der Waals surface area contributed by atoms with Crippen LogP contribution in [0.5, 0.6) is 0 Å². The number of hydrogen-bond donors (Lipinski definition) is 2. The molecule has 0 fully saturated rings. The van der Waals surface area contributed by atoms with Crippen molar-refractivity contribution in [1.82, 2.24) is 10.3 Å². The van der Waals surface area contributed by atoms with Crippen LogP contribution in [0, 0.1) is 6.92 Å². The van der Waals surface area contributed by atoms with Gasteiger partial charge in [-0.1, -0.05) is 48.0 Å². The Kier molecular flexibility index (Phi) is 3.74. The molecule has 0 radical (unpaired) electrons. The standard InChI is InChI=1S/C18H16N2O2/c1-12-7-8-14-10-16(20-17(21)15(14)9-12)18(22)19-11-13-5-3-2-4-6-13/h2-10H,11H2,1H3,(H,19,22)(H,20,21). The number of hydrogen-bond acceptors (Lipinski definition) is 2. The number of pyridine rings is 1. The highest BCUT2D eigenvalue weighted by Gasteiger charge is 2.09. The molecule has 0 unspecified atom stereocenters. The SMILES string of the molecule is Cc1ccc2cc(C(=O)NCc3ccccc3)[nH]c(=O)c2c1. The number of aromatic nitrogens is 1. The highest BCUT2D eigenvalue weighted by atomic mass is 16.2. The van der Waals surface area contributed by atoms with Crippen LogP contribution in [-0.2, 0) is 6.54 Å². The van der Waals surface area contributed by atoms with E-state index in [1.165, 1.54) is 0 Å². The third-order valence-corrected chi connectivity index (χ3v) is 3.54. The smallest absolute Gasteiger partial charge is 0.268 e. The number of benzene rings is 2. The number of nitrogens with one attached hydrogen (secondary N) is 2. The summed E-state index contributed by atoms with van der Waals surface area (Å²) >= 11 is 0. The Hall–Kier alpha value is -2.88. The summed E-state index contributed by atoms with van der Waals surface area (Å²) < 4.78 is 0. The van der Waals surface area contributed by atoms with Gasteiger partial charge in [-0.3, -0.25) is 9.59 Å². The quantitative estimate of drug-likeness (QED) is 0.779. The van der Waals surface area contributed by atoms with Gasteiger partial charge in [-0.05, 0) is 30.0 Å². The van der Waals surface area contributed by atoms with E-state index in [1.807, 2.05) is 55.5 Å². The fourth-order valence-electron chi connectivity index (χ4n) is 2.37. The molecule has 4 nitrogen and oxygen atoms in total. The first kappa shape index (κ1) is 14.1. The number of carbonyl (C=O) groups excluding carboxylic acids is 1. The second-order valence-corrected chi connectivity index (χ2v) is 5.27. The van der Waals surface area contributed by atoms with Crippen LogP contribution in [0.4, 0.5) is 0 Å². The lowest BCUT2D eigenvalue weighted by Crippen LogP contribution is -2.26. The van der Waals surface area contributed by atoms with Crippen LogP contribution < -0.4 is 10.9 Å². The maximum atomic E-state index is 12.2. The van der Waals surface area contributed by atoms with Crippen LogP contribution in [0.2, 0.25) is 0 Å². The molecule has 110 valence electrons. The minimum atomic E-state index is -0.288. The minimum absolute atomic E-state index is 0.244. The van der Waals surface area contributed by atoms with Crippen molar-refractivity contribution in [3.63, 3.8) is 0 Å². The number of carbonyl (C=O) groups is 1.